The molecule has 3 N–H and O–H groups in total. The van der Waals surface area contributed by atoms with Gasteiger partial charge in [-0.2, -0.15) is 0 Å². The number of nitrogens with zero attached hydrogens (tertiary/aromatic N) is 1. The van der Waals surface area contributed by atoms with Crippen molar-refractivity contribution in [2.24, 2.45) is 0 Å². The molecule has 0 saturated carbocycles. The average molecular weight is 624 g/mol. The molecule has 0 fully saturated rings. The molecule has 0 spiro atoms. The molecule has 0 aliphatic rings. The summed E-state index contributed by atoms with van der Waals surface area (Å²) in [6, 6.07) is 23.9. The highest BCUT2D eigenvalue weighted by Gasteiger charge is 2.30. The van der Waals surface area contributed by atoms with Gasteiger partial charge in [-0.1, -0.05) is 42.5 Å². The number of amides is 2. The van der Waals surface area contributed by atoms with E-state index < -0.39 is 46.1 Å². The van der Waals surface area contributed by atoms with Crippen LogP contribution in [0.4, 0.5) is 14.5 Å². The van der Waals surface area contributed by atoms with Crippen LogP contribution >= 0.6 is 0 Å². The highest BCUT2D eigenvalue weighted by atomic mass is 32.2. The number of sulfonamides is 1. The first-order chi connectivity index (χ1) is 21.1. The molecule has 4 aromatic rings. The zero-order valence-electron chi connectivity index (χ0n) is 23.5. The molecule has 0 aromatic heterocycles. The maximum atomic E-state index is 13.6. The third-order valence-electron chi connectivity index (χ3n) is 6.54. The van der Waals surface area contributed by atoms with Crippen LogP contribution in [0, 0.1) is 11.6 Å². The monoisotopic (exact) mass is 623 g/mol. The lowest BCUT2D eigenvalue weighted by molar-refractivity contribution is -0.142. The summed E-state index contributed by atoms with van der Waals surface area (Å²) in [6.07, 6.45) is 0.165. The Balaban J connectivity index is 1.52. The lowest BCUT2D eigenvalue weighted by atomic mass is 10.0. The number of ether oxygens (including phenoxy) is 1. The predicted molar refractivity (Wildman–Crippen MR) is 160 cm³/mol. The minimum Gasteiger partial charge on any atom is -0.484 e. The Morgan fingerprint density at radius 2 is 1.43 bits per heavy atom. The minimum atomic E-state index is -3.98. The number of hydrogen-bond donors (Lipinski definition) is 3. The SMILES string of the molecule is O=C(NCCO)C(Cc1ccccc1)N(Cc1ccc(F)cc1)C(=O)COc1ccc(S(=O)(=O)Nc2ccc(F)cc2)cc1. The standard InChI is InChI=1S/C32H31F2N3O6S/c33-25-8-6-24(7-9-25)21-37(30(32(40)35-18-19-38)20-23-4-2-1-3-5-23)31(39)22-43-28-14-16-29(17-15-28)44(41,42)36-27-12-10-26(34)11-13-27/h1-17,30,36,38H,18-22H2,(H,35,40). The molecule has 1 atom stereocenters. The third kappa shape index (κ3) is 9.09. The second kappa shape index (κ2) is 15.1. The summed E-state index contributed by atoms with van der Waals surface area (Å²) in [5, 5.41) is 11.9. The predicted octanol–water partition coefficient (Wildman–Crippen LogP) is 3.89. The van der Waals surface area contributed by atoms with Crippen LogP contribution in [0.3, 0.4) is 0 Å². The fraction of sp³-hybridized carbons (Fsp3) is 0.188. The van der Waals surface area contributed by atoms with E-state index in [1.54, 1.807) is 0 Å². The number of carbonyl (C=O) groups is 2. The minimum absolute atomic E-state index is 0.00945. The molecular weight excluding hydrogens is 592 g/mol. The van der Waals surface area contributed by atoms with Gasteiger partial charge < -0.3 is 20.1 Å². The molecule has 0 radical (unpaired) electrons. The molecule has 0 aliphatic carbocycles. The summed E-state index contributed by atoms with van der Waals surface area (Å²) in [5.74, 6) is -1.79. The van der Waals surface area contributed by atoms with Crippen molar-refractivity contribution >= 4 is 27.5 Å². The molecule has 230 valence electrons. The van der Waals surface area contributed by atoms with Crippen molar-refractivity contribution in [1.82, 2.24) is 10.2 Å². The molecule has 0 bridgehead atoms. The second-order valence-electron chi connectivity index (χ2n) is 9.74. The quantitative estimate of drug-likeness (QED) is 0.196. The normalized spacial score (nSPS) is 11.8. The van der Waals surface area contributed by atoms with Gasteiger partial charge in [-0.15, -0.1) is 0 Å². The number of halogens is 2. The summed E-state index contributed by atoms with van der Waals surface area (Å²) in [5.41, 5.74) is 1.56. The van der Waals surface area contributed by atoms with E-state index in [-0.39, 0.29) is 42.4 Å². The summed E-state index contributed by atoms with van der Waals surface area (Å²) >= 11 is 0. The van der Waals surface area contributed by atoms with E-state index >= 15 is 0 Å². The van der Waals surface area contributed by atoms with Crippen molar-refractivity contribution in [2.45, 2.75) is 23.9 Å². The topological polar surface area (TPSA) is 125 Å². The summed E-state index contributed by atoms with van der Waals surface area (Å²) in [6.45, 7) is -0.813. The Labute approximate surface area is 254 Å². The van der Waals surface area contributed by atoms with Crippen LogP contribution in [0.2, 0.25) is 0 Å². The highest BCUT2D eigenvalue weighted by Crippen LogP contribution is 2.21. The number of aliphatic hydroxyl groups is 1. The van der Waals surface area contributed by atoms with Gasteiger partial charge in [-0.05, 0) is 71.8 Å². The summed E-state index contributed by atoms with van der Waals surface area (Å²) in [7, 11) is -3.98. The Bertz CT molecular complexity index is 1640. The molecule has 4 aromatic carbocycles. The molecule has 1 unspecified atom stereocenters. The lowest BCUT2D eigenvalue weighted by Gasteiger charge is -2.31. The van der Waals surface area contributed by atoms with Gasteiger partial charge in [-0.25, -0.2) is 17.2 Å². The highest BCUT2D eigenvalue weighted by molar-refractivity contribution is 7.92. The van der Waals surface area contributed by atoms with E-state index in [4.69, 9.17) is 4.74 Å². The maximum absolute atomic E-state index is 13.6. The van der Waals surface area contributed by atoms with Gasteiger partial charge >= 0.3 is 0 Å². The number of hydrogen-bond acceptors (Lipinski definition) is 6. The van der Waals surface area contributed by atoms with Crippen molar-refractivity contribution in [2.75, 3.05) is 24.5 Å². The van der Waals surface area contributed by atoms with Crippen molar-refractivity contribution in [3.63, 3.8) is 0 Å². The van der Waals surface area contributed by atoms with Gasteiger partial charge in [0.15, 0.2) is 6.61 Å². The van der Waals surface area contributed by atoms with E-state index in [1.807, 2.05) is 30.3 Å². The fourth-order valence-electron chi connectivity index (χ4n) is 4.31. The van der Waals surface area contributed by atoms with E-state index in [1.165, 1.54) is 65.6 Å². The van der Waals surface area contributed by atoms with Crippen molar-refractivity contribution < 1.29 is 36.6 Å². The first-order valence-electron chi connectivity index (χ1n) is 13.6. The van der Waals surface area contributed by atoms with Crippen molar-refractivity contribution in [3.05, 3.63) is 126 Å². The number of carbonyl (C=O) groups excluding carboxylic acids is 2. The Morgan fingerprint density at radius 3 is 2.05 bits per heavy atom. The number of benzene rings is 4. The van der Waals surface area contributed by atoms with Gasteiger partial charge in [0, 0.05) is 25.2 Å². The van der Waals surface area contributed by atoms with Gasteiger partial charge in [0.05, 0.1) is 11.5 Å². The number of aliphatic hydroxyl groups excluding tert-OH is 1. The average Bonchev–Trinajstić information content (AvgIpc) is 3.03. The lowest BCUT2D eigenvalue weighted by Crippen LogP contribution is -2.52. The third-order valence-corrected chi connectivity index (χ3v) is 7.94. The number of anilines is 1. The van der Waals surface area contributed by atoms with Crippen molar-refractivity contribution in [3.8, 4) is 5.75 Å². The fourth-order valence-corrected chi connectivity index (χ4v) is 5.37. The van der Waals surface area contributed by atoms with Crippen LogP contribution < -0.4 is 14.8 Å². The zero-order chi connectivity index (χ0) is 31.5. The molecule has 9 nitrogen and oxygen atoms in total. The van der Waals surface area contributed by atoms with E-state index in [0.29, 0.717) is 5.56 Å². The number of rotatable bonds is 14. The summed E-state index contributed by atoms with van der Waals surface area (Å²) < 4.78 is 60.2. The maximum Gasteiger partial charge on any atom is 0.261 e. The Morgan fingerprint density at radius 1 is 0.818 bits per heavy atom. The number of nitrogens with one attached hydrogen (secondary N) is 2. The zero-order valence-corrected chi connectivity index (χ0v) is 24.3. The summed E-state index contributed by atoms with van der Waals surface area (Å²) in [4.78, 5) is 28.1. The van der Waals surface area contributed by atoms with E-state index in [0.717, 1.165) is 17.7 Å². The Hall–Kier alpha value is -4.81. The molecule has 2 amide bonds. The molecule has 0 saturated heterocycles. The van der Waals surface area contributed by atoms with E-state index in [9.17, 15) is 31.9 Å². The smallest absolute Gasteiger partial charge is 0.261 e. The molecular formula is C32H31F2N3O6S. The van der Waals surface area contributed by atoms with Crippen LogP contribution in [0.25, 0.3) is 0 Å². The molecule has 44 heavy (non-hydrogen) atoms. The van der Waals surface area contributed by atoms with Gasteiger partial charge in [-0.3, -0.25) is 14.3 Å². The van der Waals surface area contributed by atoms with Gasteiger partial charge in [0.1, 0.15) is 23.4 Å². The van der Waals surface area contributed by atoms with Gasteiger partial charge in [0.25, 0.3) is 15.9 Å². The molecule has 0 aliphatic heterocycles. The molecule has 4 rings (SSSR count). The largest absolute Gasteiger partial charge is 0.484 e. The van der Waals surface area contributed by atoms with E-state index in [2.05, 4.69) is 10.0 Å². The van der Waals surface area contributed by atoms with Crippen LogP contribution in [-0.2, 0) is 32.6 Å². The first kappa shape index (κ1) is 32.1. The van der Waals surface area contributed by atoms with Crippen LogP contribution in [0.1, 0.15) is 11.1 Å². The van der Waals surface area contributed by atoms with Crippen LogP contribution in [0.5, 0.6) is 5.75 Å². The second-order valence-corrected chi connectivity index (χ2v) is 11.4. The molecule has 12 heteroatoms. The first-order valence-corrected chi connectivity index (χ1v) is 15.1. The van der Waals surface area contributed by atoms with Crippen molar-refractivity contribution in [1.29, 1.82) is 0 Å². The Kier molecular flexibility index (Phi) is 11.0. The molecule has 0 heterocycles. The van der Waals surface area contributed by atoms with Gasteiger partial charge in [0.2, 0.25) is 5.91 Å². The van der Waals surface area contributed by atoms with Crippen LogP contribution in [-0.4, -0.2) is 56.0 Å². The van der Waals surface area contributed by atoms with Crippen LogP contribution in [0.15, 0.2) is 108 Å².